The van der Waals surface area contributed by atoms with Crippen LogP contribution in [0, 0.1) is 12.8 Å². The van der Waals surface area contributed by atoms with E-state index in [0.29, 0.717) is 5.92 Å². The summed E-state index contributed by atoms with van der Waals surface area (Å²) >= 11 is 1.76. The van der Waals surface area contributed by atoms with Gasteiger partial charge < -0.3 is 9.84 Å². The molecule has 2 unspecified atom stereocenters. The maximum atomic E-state index is 5.43. The van der Waals surface area contributed by atoms with Crippen LogP contribution in [0.5, 0.6) is 0 Å². The van der Waals surface area contributed by atoms with Gasteiger partial charge in [-0.25, -0.2) is 0 Å². The molecule has 0 saturated carbocycles. The van der Waals surface area contributed by atoms with E-state index in [-0.39, 0.29) is 6.04 Å². The van der Waals surface area contributed by atoms with Crippen LogP contribution in [0.1, 0.15) is 43.1 Å². The van der Waals surface area contributed by atoms with Gasteiger partial charge >= 0.3 is 0 Å². The molecule has 0 amide bonds. The third-order valence-electron chi connectivity index (χ3n) is 3.90. The number of aryl methyl sites for hydroxylation is 1. The van der Waals surface area contributed by atoms with Crippen LogP contribution in [0.25, 0.3) is 0 Å². The minimum absolute atomic E-state index is 0.221. The zero-order valence-corrected chi connectivity index (χ0v) is 13.3. The highest BCUT2D eigenvalue weighted by molar-refractivity contribution is 7.98. The van der Waals surface area contributed by atoms with E-state index in [4.69, 9.17) is 4.52 Å². The highest BCUT2D eigenvalue weighted by Gasteiger charge is 2.24. The van der Waals surface area contributed by atoms with Gasteiger partial charge in [-0.15, -0.1) is 11.8 Å². The minimum Gasteiger partial charge on any atom is -0.338 e. The van der Waals surface area contributed by atoms with Gasteiger partial charge in [-0.05, 0) is 43.9 Å². The van der Waals surface area contributed by atoms with Crippen molar-refractivity contribution < 1.29 is 4.52 Å². The molecule has 4 nitrogen and oxygen atoms in total. The fourth-order valence-corrected chi connectivity index (χ4v) is 3.50. The van der Waals surface area contributed by atoms with Gasteiger partial charge in [-0.3, -0.25) is 0 Å². The van der Waals surface area contributed by atoms with E-state index in [1.54, 1.807) is 11.8 Å². The molecule has 1 aromatic carbocycles. The zero-order valence-electron chi connectivity index (χ0n) is 12.5. The van der Waals surface area contributed by atoms with E-state index in [0.717, 1.165) is 30.4 Å². The third-order valence-corrected chi connectivity index (χ3v) is 5.07. The van der Waals surface area contributed by atoms with Crippen LogP contribution < -0.4 is 5.32 Å². The highest BCUT2D eigenvalue weighted by atomic mass is 32.2. The summed E-state index contributed by atoms with van der Waals surface area (Å²) in [5, 5.41) is 7.57. The molecule has 0 radical (unpaired) electrons. The molecule has 1 aliphatic rings. The van der Waals surface area contributed by atoms with Gasteiger partial charge in [0.05, 0.1) is 11.8 Å². The summed E-state index contributed by atoms with van der Waals surface area (Å²) in [7, 11) is 0. The largest absolute Gasteiger partial charge is 0.338 e. The van der Waals surface area contributed by atoms with Crippen LogP contribution in [0.2, 0.25) is 0 Å². The number of hydrogen-bond donors (Lipinski definition) is 1. The second-order valence-corrected chi connectivity index (χ2v) is 6.76. The van der Waals surface area contributed by atoms with E-state index in [1.807, 2.05) is 0 Å². The molecule has 112 valence electrons. The second-order valence-electron chi connectivity index (χ2n) is 5.74. The van der Waals surface area contributed by atoms with Gasteiger partial charge in [0.2, 0.25) is 5.89 Å². The molecule has 1 fully saturated rings. The molecule has 2 heterocycles. The highest BCUT2D eigenvalue weighted by Crippen LogP contribution is 2.28. The predicted octanol–water partition coefficient (Wildman–Crippen LogP) is 3.73. The molecule has 2 aromatic rings. The number of nitrogens with zero attached hydrogens (tertiary/aromatic N) is 2. The van der Waals surface area contributed by atoms with Crippen molar-refractivity contribution in [2.75, 3.05) is 6.54 Å². The number of rotatable bonds is 4. The quantitative estimate of drug-likeness (QED) is 0.872. The molecule has 2 atom stereocenters. The Kier molecular flexibility index (Phi) is 4.60. The van der Waals surface area contributed by atoms with Crippen LogP contribution in [0.3, 0.4) is 0 Å². The van der Waals surface area contributed by atoms with Gasteiger partial charge in [-0.1, -0.05) is 30.3 Å². The first-order chi connectivity index (χ1) is 10.2. The van der Waals surface area contributed by atoms with E-state index in [2.05, 4.69) is 53.6 Å². The average Bonchev–Trinajstić information content (AvgIpc) is 2.95. The molecule has 3 rings (SSSR count). The first-order valence-electron chi connectivity index (χ1n) is 7.46. The third kappa shape index (κ3) is 3.66. The molecule has 0 spiro atoms. The van der Waals surface area contributed by atoms with Gasteiger partial charge in [0.1, 0.15) is 0 Å². The van der Waals surface area contributed by atoms with Crippen molar-refractivity contribution in [3.05, 3.63) is 41.5 Å². The summed E-state index contributed by atoms with van der Waals surface area (Å²) in [6.07, 6.45) is 2.30. The Morgan fingerprint density at radius 1 is 1.38 bits per heavy atom. The molecule has 21 heavy (non-hydrogen) atoms. The number of piperidine rings is 1. The Labute approximate surface area is 129 Å². The number of aromatic nitrogens is 2. The number of benzene rings is 1. The summed E-state index contributed by atoms with van der Waals surface area (Å²) in [6, 6.07) is 8.59. The Hall–Kier alpha value is -1.33. The number of thioether (sulfide) groups is 1. The Morgan fingerprint density at radius 3 is 3.05 bits per heavy atom. The molecule has 1 saturated heterocycles. The Balaban J connectivity index is 1.61. The smallest absolute Gasteiger partial charge is 0.243 e. The lowest BCUT2D eigenvalue weighted by Gasteiger charge is -2.25. The van der Waals surface area contributed by atoms with Crippen molar-refractivity contribution in [2.45, 2.75) is 43.4 Å². The molecule has 0 bridgehead atoms. The van der Waals surface area contributed by atoms with Gasteiger partial charge in [0.15, 0.2) is 5.82 Å². The molecular formula is C16H21N3OS. The fraction of sp³-hybridized carbons (Fsp3) is 0.500. The molecule has 1 aromatic heterocycles. The standard InChI is InChI=1S/C16H21N3OS/c1-11-7-8-17-13(9-11)16-18-15(19-20-16)10-21-14-6-4-3-5-12(14)2/h3-6,11,13,17H,7-10H2,1-2H3. The maximum Gasteiger partial charge on any atom is 0.243 e. The zero-order chi connectivity index (χ0) is 14.7. The lowest BCUT2D eigenvalue weighted by molar-refractivity contribution is 0.259. The van der Waals surface area contributed by atoms with Gasteiger partial charge in [-0.2, -0.15) is 4.98 Å². The Bertz CT molecular complexity index is 599. The molecule has 5 heteroatoms. The predicted molar refractivity (Wildman–Crippen MR) is 84.2 cm³/mol. The lowest BCUT2D eigenvalue weighted by Crippen LogP contribution is -2.30. The first-order valence-corrected chi connectivity index (χ1v) is 8.45. The van der Waals surface area contributed by atoms with Crippen molar-refractivity contribution in [3.8, 4) is 0 Å². The fourth-order valence-electron chi connectivity index (χ4n) is 2.62. The molecular weight excluding hydrogens is 282 g/mol. The van der Waals surface area contributed by atoms with Crippen molar-refractivity contribution in [2.24, 2.45) is 5.92 Å². The summed E-state index contributed by atoms with van der Waals surface area (Å²) in [5.41, 5.74) is 1.29. The van der Waals surface area contributed by atoms with E-state index in [9.17, 15) is 0 Å². The number of hydrogen-bond acceptors (Lipinski definition) is 5. The minimum atomic E-state index is 0.221. The summed E-state index contributed by atoms with van der Waals surface area (Å²) < 4.78 is 5.43. The maximum absolute atomic E-state index is 5.43. The summed E-state index contributed by atoms with van der Waals surface area (Å²) in [6.45, 7) is 5.43. The van der Waals surface area contributed by atoms with Crippen LogP contribution in [-0.2, 0) is 5.75 Å². The van der Waals surface area contributed by atoms with Crippen molar-refractivity contribution >= 4 is 11.8 Å². The lowest BCUT2D eigenvalue weighted by atomic mass is 9.94. The van der Waals surface area contributed by atoms with Crippen molar-refractivity contribution in [1.29, 1.82) is 0 Å². The van der Waals surface area contributed by atoms with Gasteiger partial charge in [0.25, 0.3) is 0 Å². The van der Waals surface area contributed by atoms with Crippen molar-refractivity contribution in [1.82, 2.24) is 15.5 Å². The average molecular weight is 303 g/mol. The van der Waals surface area contributed by atoms with Crippen LogP contribution in [0.4, 0.5) is 0 Å². The van der Waals surface area contributed by atoms with Crippen molar-refractivity contribution in [3.63, 3.8) is 0 Å². The molecule has 0 aliphatic carbocycles. The van der Waals surface area contributed by atoms with Crippen LogP contribution in [-0.4, -0.2) is 16.7 Å². The van der Waals surface area contributed by atoms with E-state index in [1.165, 1.54) is 16.9 Å². The molecule has 1 N–H and O–H groups in total. The topological polar surface area (TPSA) is 51.0 Å². The van der Waals surface area contributed by atoms with Crippen LogP contribution in [0.15, 0.2) is 33.7 Å². The first kappa shape index (κ1) is 14.6. The molecule has 1 aliphatic heterocycles. The normalized spacial score (nSPS) is 22.4. The van der Waals surface area contributed by atoms with Gasteiger partial charge in [0, 0.05) is 4.90 Å². The summed E-state index contributed by atoms with van der Waals surface area (Å²) in [4.78, 5) is 5.82. The Morgan fingerprint density at radius 2 is 2.24 bits per heavy atom. The van der Waals surface area contributed by atoms with E-state index >= 15 is 0 Å². The monoisotopic (exact) mass is 303 g/mol. The number of nitrogens with one attached hydrogen (secondary N) is 1. The second kappa shape index (κ2) is 6.62. The van der Waals surface area contributed by atoms with Crippen LogP contribution >= 0.6 is 11.8 Å². The SMILES string of the molecule is Cc1ccccc1SCc1noc(C2CC(C)CCN2)n1. The summed E-state index contributed by atoms with van der Waals surface area (Å²) in [5.74, 6) is 2.98. The van der Waals surface area contributed by atoms with E-state index < -0.39 is 0 Å².